The maximum absolute atomic E-state index is 12.3. The monoisotopic (exact) mass is 316 g/mol. The summed E-state index contributed by atoms with van der Waals surface area (Å²) in [5.74, 6) is 1.05. The number of amides is 2. The molecule has 1 unspecified atom stereocenters. The summed E-state index contributed by atoms with van der Waals surface area (Å²) in [6.07, 6.45) is 4.81. The standard InChI is InChI=1S/C17H24N4O2/c1-12-3-5-15(18-11-12)21-9-7-13(8-10-21)19-17(23)14-4-6-16(22)20(14)2/h3,5,11,13-14H,4,6-10H2,1-2H3,(H,19,23). The van der Waals surface area contributed by atoms with E-state index in [0.717, 1.165) is 37.3 Å². The second-order valence-corrected chi connectivity index (χ2v) is 6.52. The van der Waals surface area contributed by atoms with Gasteiger partial charge in [0.1, 0.15) is 11.9 Å². The molecule has 2 amide bonds. The Morgan fingerprint density at radius 1 is 1.26 bits per heavy atom. The van der Waals surface area contributed by atoms with Gasteiger partial charge < -0.3 is 15.1 Å². The number of likely N-dealkylation sites (N-methyl/N-ethyl adjacent to an activating group) is 1. The third kappa shape index (κ3) is 3.46. The highest BCUT2D eigenvalue weighted by molar-refractivity contribution is 5.90. The SMILES string of the molecule is Cc1ccc(N2CCC(NC(=O)C3CCC(=O)N3C)CC2)nc1. The number of aryl methyl sites for hydroxylation is 1. The number of rotatable bonds is 3. The van der Waals surface area contributed by atoms with Crippen molar-refractivity contribution in [3.05, 3.63) is 23.9 Å². The summed E-state index contributed by atoms with van der Waals surface area (Å²) in [5.41, 5.74) is 1.16. The molecule has 0 radical (unpaired) electrons. The molecule has 6 heteroatoms. The molecular formula is C17H24N4O2. The van der Waals surface area contributed by atoms with Crippen molar-refractivity contribution in [2.45, 2.75) is 44.7 Å². The van der Waals surface area contributed by atoms with Crippen molar-refractivity contribution in [1.82, 2.24) is 15.2 Å². The van der Waals surface area contributed by atoms with Crippen LogP contribution in [-0.2, 0) is 9.59 Å². The molecule has 2 fully saturated rings. The maximum atomic E-state index is 12.3. The Kier molecular flexibility index (Phi) is 4.50. The maximum Gasteiger partial charge on any atom is 0.243 e. The first-order valence-corrected chi connectivity index (χ1v) is 8.28. The molecular weight excluding hydrogens is 292 g/mol. The Balaban J connectivity index is 1.50. The Morgan fingerprint density at radius 3 is 2.57 bits per heavy atom. The number of piperidine rings is 1. The van der Waals surface area contributed by atoms with E-state index in [1.807, 2.05) is 19.2 Å². The number of anilines is 1. The summed E-state index contributed by atoms with van der Waals surface area (Å²) >= 11 is 0. The van der Waals surface area contributed by atoms with Crippen LogP contribution in [0.15, 0.2) is 18.3 Å². The molecule has 1 N–H and O–H groups in total. The van der Waals surface area contributed by atoms with Gasteiger partial charge in [-0.15, -0.1) is 0 Å². The fourth-order valence-corrected chi connectivity index (χ4v) is 3.31. The molecule has 2 aliphatic rings. The molecule has 6 nitrogen and oxygen atoms in total. The Labute approximate surface area is 136 Å². The first-order chi connectivity index (χ1) is 11.0. The van der Waals surface area contributed by atoms with Crippen molar-refractivity contribution >= 4 is 17.6 Å². The fourth-order valence-electron chi connectivity index (χ4n) is 3.31. The third-order valence-corrected chi connectivity index (χ3v) is 4.86. The molecule has 0 saturated carbocycles. The van der Waals surface area contributed by atoms with Gasteiger partial charge in [-0.25, -0.2) is 4.98 Å². The summed E-state index contributed by atoms with van der Waals surface area (Å²) in [6.45, 7) is 3.81. The Bertz CT molecular complexity index is 579. The van der Waals surface area contributed by atoms with Gasteiger partial charge in [0.2, 0.25) is 11.8 Å². The van der Waals surface area contributed by atoms with E-state index in [2.05, 4.69) is 21.3 Å². The van der Waals surface area contributed by atoms with E-state index in [4.69, 9.17) is 0 Å². The lowest BCUT2D eigenvalue weighted by molar-refractivity contribution is -0.134. The summed E-state index contributed by atoms with van der Waals surface area (Å²) in [6, 6.07) is 4.02. The largest absolute Gasteiger partial charge is 0.356 e. The Hall–Kier alpha value is -2.11. The molecule has 0 aromatic carbocycles. The van der Waals surface area contributed by atoms with E-state index in [0.29, 0.717) is 12.8 Å². The van der Waals surface area contributed by atoms with Crippen molar-refractivity contribution < 1.29 is 9.59 Å². The number of likely N-dealkylation sites (tertiary alicyclic amines) is 1. The minimum atomic E-state index is -0.292. The van der Waals surface area contributed by atoms with Gasteiger partial charge in [0.15, 0.2) is 0 Å². The number of carbonyl (C=O) groups excluding carboxylic acids is 2. The van der Waals surface area contributed by atoms with Gasteiger partial charge in [-0.1, -0.05) is 6.07 Å². The van der Waals surface area contributed by atoms with Crippen LogP contribution in [0, 0.1) is 6.92 Å². The quantitative estimate of drug-likeness (QED) is 0.907. The lowest BCUT2D eigenvalue weighted by Gasteiger charge is -2.34. The number of hydrogen-bond acceptors (Lipinski definition) is 4. The zero-order valence-electron chi connectivity index (χ0n) is 13.8. The minimum absolute atomic E-state index is 0.00902. The van der Waals surface area contributed by atoms with Crippen LogP contribution in [0.25, 0.3) is 0 Å². The lowest BCUT2D eigenvalue weighted by atomic mass is 10.0. The van der Waals surface area contributed by atoms with Gasteiger partial charge in [-0.05, 0) is 37.8 Å². The molecule has 1 aromatic rings. The lowest BCUT2D eigenvalue weighted by Crippen LogP contribution is -2.50. The summed E-state index contributed by atoms with van der Waals surface area (Å²) in [4.78, 5) is 32.2. The summed E-state index contributed by atoms with van der Waals surface area (Å²) in [5, 5.41) is 3.11. The zero-order valence-corrected chi connectivity index (χ0v) is 13.8. The summed E-state index contributed by atoms with van der Waals surface area (Å²) < 4.78 is 0. The number of aromatic nitrogens is 1. The van der Waals surface area contributed by atoms with Crippen LogP contribution in [0.5, 0.6) is 0 Å². The van der Waals surface area contributed by atoms with Gasteiger partial charge in [0.25, 0.3) is 0 Å². The molecule has 2 aliphatic heterocycles. The highest BCUT2D eigenvalue weighted by atomic mass is 16.2. The van der Waals surface area contributed by atoms with Crippen molar-refractivity contribution in [2.75, 3.05) is 25.0 Å². The van der Waals surface area contributed by atoms with E-state index in [1.165, 1.54) is 0 Å². The molecule has 23 heavy (non-hydrogen) atoms. The van der Waals surface area contributed by atoms with E-state index in [1.54, 1.807) is 11.9 Å². The molecule has 2 saturated heterocycles. The van der Waals surface area contributed by atoms with E-state index < -0.39 is 0 Å². The second-order valence-electron chi connectivity index (χ2n) is 6.52. The molecule has 124 valence electrons. The molecule has 3 rings (SSSR count). The van der Waals surface area contributed by atoms with Gasteiger partial charge in [-0.3, -0.25) is 9.59 Å². The predicted molar refractivity (Wildman–Crippen MR) is 88.1 cm³/mol. The number of hydrogen-bond donors (Lipinski definition) is 1. The first kappa shape index (κ1) is 15.8. The van der Waals surface area contributed by atoms with Gasteiger partial charge in [0, 0.05) is 38.8 Å². The highest BCUT2D eigenvalue weighted by Gasteiger charge is 2.34. The molecule has 0 bridgehead atoms. The topological polar surface area (TPSA) is 65.5 Å². The second kappa shape index (κ2) is 6.56. The molecule has 0 spiro atoms. The first-order valence-electron chi connectivity index (χ1n) is 8.28. The van der Waals surface area contributed by atoms with Gasteiger partial charge in [0.05, 0.1) is 0 Å². The predicted octanol–water partition coefficient (Wildman–Crippen LogP) is 1.10. The van der Waals surface area contributed by atoms with Crippen LogP contribution in [0.2, 0.25) is 0 Å². The van der Waals surface area contributed by atoms with E-state index in [9.17, 15) is 9.59 Å². The average Bonchev–Trinajstić information content (AvgIpc) is 2.89. The summed E-state index contributed by atoms with van der Waals surface area (Å²) in [7, 11) is 1.71. The van der Waals surface area contributed by atoms with Gasteiger partial charge in [-0.2, -0.15) is 0 Å². The highest BCUT2D eigenvalue weighted by Crippen LogP contribution is 2.20. The molecule has 3 heterocycles. The van der Waals surface area contributed by atoms with Crippen LogP contribution >= 0.6 is 0 Å². The zero-order chi connectivity index (χ0) is 16.4. The molecule has 1 atom stereocenters. The fraction of sp³-hybridized carbons (Fsp3) is 0.588. The van der Waals surface area contributed by atoms with Crippen LogP contribution in [0.4, 0.5) is 5.82 Å². The van der Waals surface area contributed by atoms with Crippen LogP contribution < -0.4 is 10.2 Å². The van der Waals surface area contributed by atoms with E-state index in [-0.39, 0.29) is 23.9 Å². The average molecular weight is 316 g/mol. The smallest absolute Gasteiger partial charge is 0.243 e. The minimum Gasteiger partial charge on any atom is -0.356 e. The van der Waals surface area contributed by atoms with Crippen molar-refractivity contribution in [3.63, 3.8) is 0 Å². The van der Waals surface area contributed by atoms with Crippen molar-refractivity contribution in [2.24, 2.45) is 0 Å². The third-order valence-electron chi connectivity index (χ3n) is 4.86. The molecule has 0 aliphatic carbocycles. The van der Waals surface area contributed by atoms with Crippen LogP contribution in [0.3, 0.4) is 0 Å². The number of nitrogens with zero attached hydrogens (tertiary/aromatic N) is 3. The van der Waals surface area contributed by atoms with E-state index >= 15 is 0 Å². The number of carbonyl (C=O) groups is 2. The van der Waals surface area contributed by atoms with Crippen LogP contribution in [0.1, 0.15) is 31.2 Å². The van der Waals surface area contributed by atoms with Crippen molar-refractivity contribution in [1.29, 1.82) is 0 Å². The number of pyridine rings is 1. The normalized spacial score (nSPS) is 22.5. The Morgan fingerprint density at radius 2 is 2.00 bits per heavy atom. The van der Waals surface area contributed by atoms with Gasteiger partial charge >= 0.3 is 0 Å². The molecule has 1 aromatic heterocycles. The number of nitrogens with one attached hydrogen (secondary N) is 1. The van der Waals surface area contributed by atoms with Crippen molar-refractivity contribution in [3.8, 4) is 0 Å². The van der Waals surface area contributed by atoms with Crippen LogP contribution in [-0.4, -0.2) is 53.9 Å².